The predicted molar refractivity (Wildman–Crippen MR) is 64.6 cm³/mol. The van der Waals surface area contributed by atoms with E-state index in [1.807, 2.05) is 0 Å². The SMILES string of the molecule is OCCC1CCCN(c2cncc(CO)n2)C1. The van der Waals surface area contributed by atoms with E-state index in [1.54, 1.807) is 12.4 Å². The van der Waals surface area contributed by atoms with E-state index < -0.39 is 0 Å². The highest BCUT2D eigenvalue weighted by molar-refractivity contribution is 5.36. The number of aliphatic hydroxyl groups is 2. The summed E-state index contributed by atoms with van der Waals surface area (Å²) < 4.78 is 0. The number of piperidine rings is 1. The number of anilines is 1. The van der Waals surface area contributed by atoms with Crippen LogP contribution in [0, 0.1) is 5.92 Å². The van der Waals surface area contributed by atoms with Gasteiger partial charge in [-0.1, -0.05) is 0 Å². The Kier molecular flexibility index (Phi) is 4.28. The monoisotopic (exact) mass is 237 g/mol. The molecule has 0 aromatic carbocycles. The van der Waals surface area contributed by atoms with E-state index in [2.05, 4.69) is 14.9 Å². The van der Waals surface area contributed by atoms with Crippen LogP contribution in [0.1, 0.15) is 25.0 Å². The van der Waals surface area contributed by atoms with Gasteiger partial charge in [-0.3, -0.25) is 4.98 Å². The summed E-state index contributed by atoms with van der Waals surface area (Å²) in [6.07, 6.45) is 6.46. The minimum absolute atomic E-state index is 0.0747. The fourth-order valence-electron chi connectivity index (χ4n) is 2.31. The van der Waals surface area contributed by atoms with Crippen LogP contribution in [-0.2, 0) is 6.61 Å². The van der Waals surface area contributed by atoms with E-state index in [1.165, 1.54) is 6.42 Å². The minimum Gasteiger partial charge on any atom is -0.396 e. The summed E-state index contributed by atoms with van der Waals surface area (Å²) in [7, 11) is 0. The van der Waals surface area contributed by atoms with Gasteiger partial charge in [-0.15, -0.1) is 0 Å². The number of aromatic nitrogens is 2. The Labute approximate surface area is 101 Å². The maximum Gasteiger partial charge on any atom is 0.147 e. The molecule has 1 fully saturated rings. The van der Waals surface area contributed by atoms with E-state index in [0.29, 0.717) is 11.6 Å². The molecule has 2 heterocycles. The van der Waals surface area contributed by atoms with Gasteiger partial charge in [0.2, 0.25) is 0 Å². The second-order valence-electron chi connectivity index (χ2n) is 4.49. The van der Waals surface area contributed by atoms with E-state index in [4.69, 9.17) is 10.2 Å². The average molecular weight is 237 g/mol. The highest BCUT2D eigenvalue weighted by Crippen LogP contribution is 2.23. The van der Waals surface area contributed by atoms with Gasteiger partial charge < -0.3 is 15.1 Å². The number of aliphatic hydroxyl groups excluding tert-OH is 2. The van der Waals surface area contributed by atoms with Gasteiger partial charge in [-0.2, -0.15) is 0 Å². The fraction of sp³-hybridized carbons (Fsp3) is 0.667. The maximum atomic E-state index is 9.04. The molecule has 0 aliphatic carbocycles. The van der Waals surface area contributed by atoms with Gasteiger partial charge in [-0.05, 0) is 25.2 Å². The molecule has 0 amide bonds. The number of nitrogens with zero attached hydrogens (tertiary/aromatic N) is 3. The van der Waals surface area contributed by atoms with Gasteiger partial charge in [-0.25, -0.2) is 4.98 Å². The second kappa shape index (κ2) is 5.93. The molecule has 1 aliphatic rings. The lowest BCUT2D eigenvalue weighted by molar-refractivity contribution is 0.244. The Balaban J connectivity index is 2.05. The zero-order valence-electron chi connectivity index (χ0n) is 9.92. The topological polar surface area (TPSA) is 69.5 Å². The van der Waals surface area contributed by atoms with Crippen molar-refractivity contribution in [3.63, 3.8) is 0 Å². The lowest BCUT2D eigenvalue weighted by Gasteiger charge is -2.33. The molecule has 5 heteroatoms. The van der Waals surface area contributed by atoms with Crippen molar-refractivity contribution in [1.82, 2.24) is 9.97 Å². The van der Waals surface area contributed by atoms with Crippen molar-refractivity contribution in [2.24, 2.45) is 5.92 Å². The normalized spacial score (nSPS) is 20.6. The van der Waals surface area contributed by atoms with Crippen molar-refractivity contribution in [2.45, 2.75) is 25.9 Å². The van der Waals surface area contributed by atoms with Gasteiger partial charge in [0.15, 0.2) is 0 Å². The van der Waals surface area contributed by atoms with Crippen LogP contribution in [0.3, 0.4) is 0 Å². The van der Waals surface area contributed by atoms with Crippen LogP contribution in [0.15, 0.2) is 12.4 Å². The van der Waals surface area contributed by atoms with Crippen LogP contribution >= 0.6 is 0 Å². The number of hydrogen-bond acceptors (Lipinski definition) is 5. The second-order valence-corrected chi connectivity index (χ2v) is 4.49. The molecule has 0 radical (unpaired) electrons. The molecular formula is C12H19N3O2. The lowest BCUT2D eigenvalue weighted by Crippen LogP contribution is -2.36. The smallest absolute Gasteiger partial charge is 0.147 e. The van der Waals surface area contributed by atoms with Crippen LogP contribution < -0.4 is 4.90 Å². The zero-order valence-corrected chi connectivity index (χ0v) is 9.92. The summed E-state index contributed by atoms with van der Waals surface area (Å²) in [4.78, 5) is 10.6. The summed E-state index contributed by atoms with van der Waals surface area (Å²) >= 11 is 0. The zero-order chi connectivity index (χ0) is 12.1. The summed E-state index contributed by atoms with van der Waals surface area (Å²) in [6, 6.07) is 0. The standard InChI is InChI=1S/C12H19N3O2/c16-5-3-10-2-1-4-15(8-10)12-7-13-6-11(9-17)14-12/h6-7,10,16-17H,1-5,8-9H2. The molecule has 1 unspecified atom stereocenters. The molecule has 5 nitrogen and oxygen atoms in total. The van der Waals surface area contributed by atoms with Crippen LogP contribution in [-0.4, -0.2) is 39.9 Å². The third-order valence-electron chi connectivity index (χ3n) is 3.21. The summed E-state index contributed by atoms with van der Waals surface area (Å²) in [5, 5.41) is 18.0. The predicted octanol–water partition coefficient (Wildman–Crippen LogP) is 0.568. The third-order valence-corrected chi connectivity index (χ3v) is 3.21. The highest BCUT2D eigenvalue weighted by atomic mass is 16.3. The third kappa shape index (κ3) is 3.14. The Hall–Kier alpha value is -1.20. The van der Waals surface area contributed by atoms with Crippen molar-refractivity contribution >= 4 is 5.82 Å². The minimum atomic E-state index is -0.0747. The fourth-order valence-corrected chi connectivity index (χ4v) is 2.31. The van der Waals surface area contributed by atoms with Gasteiger partial charge in [0, 0.05) is 19.7 Å². The first-order valence-electron chi connectivity index (χ1n) is 6.11. The maximum absolute atomic E-state index is 9.04. The molecule has 1 aromatic heterocycles. The van der Waals surface area contributed by atoms with Gasteiger partial charge in [0.05, 0.1) is 24.7 Å². The summed E-state index contributed by atoms with van der Waals surface area (Å²) in [5.74, 6) is 1.37. The van der Waals surface area contributed by atoms with Crippen LogP contribution in [0.5, 0.6) is 0 Å². The molecule has 1 aromatic rings. The molecular weight excluding hydrogens is 218 g/mol. The van der Waals surface area contributed by atoms with Crippen LogP contribution in [0.25, 0.3) is 0 Å². The van der Waals surface area contributed by atoms with E-state index in [0.717, 1.165) is 31.7 Å². The molecule has 94 valence electrons. The van der Waals surface area contributed by atoms with Crippen LogP contribution in [0.4, 0.5) is 5.82 Å². The van der Waals surface area contributed by atoms with Crippen molar-refractivity contribution < 1.29 is 10.2 Å². The molecule has 17 heavy (non-hydrogen) atoms. The van der Waals surface area contributed by atoms with Gasteiger partial charge in [0.25, 0.3) is 0 Å². The van der Waals surface area contributed by atoms with E-state index in [9.17, 15) is 0 Å². The molecule has 1 aliphatic heterocycles. The largest absolute Gasteiger partial charge is 0.396 e. The van der Waals surface area contributed by atoms with Gasteiger partial charge >= 0.3 is 0 Å². The van der Waals surface area contributed by atoms with Crippen molar-refractivity contribution in [2.75, 3.05) is 24.6 Å². The Morgan fingerprint density at radius 1 is 1.35 bits per heavy atom. The molecule has 0 bridgehead atoms. The van der Waals surface area contributed by atoms with Crippen molar-refractivity contribution in [1.29, 1.82) is 0 Å². The number of hydrogen-bond donors (Lipinski definition) is 2. The Morgan fingerprint density at radius 2 is 2.24 bits per heavy atom. The van der Waals surface area contributed by atoms with E-state index in [-0.39, 0.29) is 13.2 Å². The molecule has 1 atom stereocenters. The molecule has 0 saturated carbocycles. The Bertz CT molecular complexity index is 357. The molecule has 0 spiro atoms. The van der Waals surface area contributed by atoms with E-state index >= 15 is 0 Å². The number of rotatable bonds is 4. The summed E-state index contributed by atoms with van der Waals surface area (Å²) in [5.41, 5.74) is 0.604. The van der Waals surface area contributed by atoms with Crippen LogP contribution in [0.2, 0.25) is 0 Å². The summed E-state index contributed by atoms with van der Waals surface area (Å²) in [6.45, 7) is 2.07. The highest BCUT2D eigenvalue weighted by Gasteiger charge is 2.20. The molecule has 2 N–H and O–H groups in total. The molecule has 2 rings (SSSR count). The first kappa shape index (κ1) is 12.3. The lowest BCUT2D eigenvalue weighted by atomic mass is 9.95. The van der Waals surface area contributed by atoms with Gasteiger partial charge in [0.1, 0.15) is 5.82 Å². The molecule has 1 saturated heterocycles. The Morgan fingerprint density at radius 3 is 3.00 bits per heavy atom. The first-order chi connectivity index (χ1) is 8.33. The van der Waals surface area contributed by atoms with Crippen molar-refractivity contribution in [3.8, 4) is 0 Å². The van der Waals surface area contributed by atoms with Crippen molar-refractivity contribution in [3.05, 3.63) is 18.1 Å². The quantitative estimate of drug-likeness (QED) is 0.801. The average Bonchev–Trinajstić information content (AvgIpc) is 2.40. The first-order valence-corrected chi connectivity index (χ1v) is 6.11.